The molecule has 72 valence electrons. The molecule has 0 atom stereocenters. The summed E-state index contributed by atoms with van der Waals surface area (Å²) in [6.07, 6.45) is 1.47. The molecule has 0 aliphatic carbocycles. The number of halogens is 1. The minimum atomic E-state index is -0.482. The van der Waals surface area contributed by atoms with Crippen molar-refractivity contribution >= 4 is 39.3 Å². The van der Waals surface area contributed by atoms with Crippen LogP contribution in [-0.2, 0) is 4.74 Å². The maximum atomic E-state index is 11.1. The molecule has 0 unspecified atom stereocenters. The Kier molecular flexibility index (Phi) is 2.30. The number of carbonyl (C=O) groups excluding carboxylic acids is 1. The lowest BCUT2D eigenvalue weighted by atomic mass is 10.6. The van der Waals surface area contributed by atoms with Crippen molar-refractivity contribution in [2.45, 2.75) is 0 Å². The van der Waals surface area contributed by atoms with Crippen molar-refractivity contribution in [1.82, 2.24) is 15.0 Å². The van der Waals surface area contributed by atoms with Crippen LogP contribution in [0.1, 0.15) is 9.80 Å². The number of rotatable bonds is 1. The van der Waals surface area contributed by atoms with E-state index in [0.717, 1.165) is 11.3 Å². The molecule has 0 radical (unpaired) electrons. The standard InChI is InChI=1S/C7H4ClN3O2S/c1-13-6(12)5-10-3-2-9-7(8)11-4(3)14-5/h2H,1H3. The first-order valence-corrected chi connectivity index (χ1v) is 4.77. The van der Waals surface area contributed by atoms with Crippen molar-refractivity contribution in [3.05, 3.63) is 16.5 Å². The molecule has 0 aromatic carbocycles. The smallest absolute Gasteiger partial charge is 0.367 e. The SMILES string of the molecule is COC(=O)c1nc2cnc(Cl)nc2s1. The molecule has 0 fully saturated rings. The summed E-state index contributed by atoms with van der Waals surface area (Å²) >= 11 is 6.70. The third-order valence-corrected chi connectivity index (χ3v) is 2.61. The maximum Gasteiger partial charge on any atom is 0.367 e. The molecule has 0 saturated carbocycles. The molecule has 0 amide bonds. The molecule has 14 heavy (non-hydrogen) atoms. The molecule has 7 heteroatoms. The highest BCUT2D eigenvalue weighted by Crippen LogP contribution is 2.20. The Morgan fingerprint density at radius 1 is 1.57 bits per heavy atom. The summed E-state index contributed by atoms with van der Waals surface area (Å²) in [5.41, 5.74) is 0.541. The number of ether oxygens (including phenoxy) is 1. The maximum absolute atomic E-state index is 11.1. The van der Waals surface area contributed by atoms with Gasteiger partial charge in [-0.15, -0.1) is 0 Å². The Hall–Kier alpha value is -1.27. The zero-order valence-corrected chi connectivity index (χ0v) is 8.59. The second-order valence-electron chi connectivity index (χ2n) is 2.34. The van der Waals surface area contributed by atoms with Gasteiger partial charge in [-0.1, -0.05) is 11.3 Å². The fourth-order valence-electron chi connectivity index (χ4n) is 0.890. The van der Waals surface area contributed by atoms with Crippen LogP contribution >= 0.6 is 22.9 Å². The lowest BCUT2D eigenvalue weighted by molar-refractivity contribution is 0.0600. The fraction of sp³-hybridized carbons (Fsp3) is 0.143. The van der Waals surface area contributed by atoms with Gasteiger partial charge in [0.15, 0.2) is 0 Å². The van der Waals surface area contributed by atoms with E-state index in [-0.39, 0.29) is 10.3 Å². The van der Waals surface area contributed by atoms with E-state index in [4.69, 9.17) is 11.6 Å². The summed E-state index contributed by atoms with van der Waals surface area (Å²) in [6.45, 7) is 0. The van der Waals surface area contributed by atoms with Crippen LogP contribution in [0.15, 0.2) is 6.20 Å². The van der Waals surface area contributed by atoms with Gasteiger partial charge in [-0.05, 0) is 11.6 Å². The van der Waals surface area contributed by atoms with E-state index in [1.807, 2.05) is 0 Å². The number of hydrogen-bond acceptors (Lipinski definition) is 6. The van der Waals surface area contributed by atoms with Gasteiger partial charge < -0.3 is 4.74 Å². The van der Waals surface area contributed by atoms with E-state index in [9.17, 15) is 4.79 Å². The van der Waals surface area contributed by atoms with Crippen LogP contribution in [0.2, 0.25) is 5.28 Å². The molecule has 2 heterocycles. The molecule has 5 nitrogen and oxygen atoms in total. The predicted octanol–water partition coefficient (Wildman–Crippen LogP) is 1.53. The van der Waals surface area contributed by atoms with Gasteiger partial charge in [0.25, 0.3) is 0 Å². The van der Waals surface area contributed by atoms with Crippen molar-refractivity contribution in [3.63, 3.8) is 0 Å². The Morgan fingerprint density at radius 3 is 3.07 bits per heavy atom. The van der Waals surface area contributed by atoms with Crippen molar-refractivity contribution in [2.24, 2.45) is 0 Å². The number of fused-ring (bicyclic) bond motifs is 1. The first-order chi connectivity index (χ1) is 6.70. The van der Waals surface area contributed by atoms with Crippen LogP contribution < -0.4 is 0 Å². The number of nitrogens with zero attached hydrogens (tertiary/aromatic N) is 3. The van der Waals surface area contributed by atoms with Crippen molar-refractivity contribution in [3.8, 4) is 0 Å². The highest BCUT2D eigenvalue weighted by atomic mass is 35.5. The van der Waals surface area contributed by atoms with Crippen LogP contribution in [0.4, 0.5) is 0 Å². The largest absolute Gasteiger partial charge is 0.464 e. The number of hydrogen-bond donors (Lipinski definition) is 0. The van der Waals surface area contributed by atoms with Crippen LogP contribution in [-0.4, -0.2) is 28.0 Å². The quantitative estimate of drug-likeness (QED) is 0.548. The Morgan fingerprint density at radius 2 is 2.36 bits per heavy atom. The lowest BCUT2D eigenvalue weighted by Crippen LogP contribution is -1.99. The average molecular weight is 230 g/mol. The van der Waals surface area contributed by atoms with Gasteiger partial charge in [-0.3, -0.25) is 0 Å². The van der Waals surface area contributed by atoms with Crippen LogP contribution in [0.5, 0.6) is 0 Å². The molecule has 0 saturated heterocycles. The minimum Gasteiger partial charge on any atom is -0.464 e. The van der Waals surface area contributed by atoms with Gasteiger partial charge in [0, 0.05) is 0 Å². The lowest BCUT2D eigenvalue weighted by Gasteiger charge is -1.89. The molecule has 2 rings (SSSR count). The van der Waals surface area contributed by atoms with Gasteiger partial charge >= 0.3 is 5.97 Å². The van der Waals surface area contributed by atoms with Crippen molar-refractivity contribution in [1.29, 1.82) is 0 Å². The van der Waals surface area contributed by atoms with Gasteiger partial charge in [0.2, 0.25) is 10.3 Å². The molecule has 0 spiro atoms. The first kappa shape index (κ1) is 9.29. The van der Waals surface area contributed by atoms with Crippen LogP contribution in [0, 0.1) is 0 Å². The summed E-state index contributed by atoms with van der Waals surface area (Å²) in [7, 11) is 1.30. The Bertz CT molecular complexity index is 499. The highest BCUT2D eigenvalue weighted by molar-refractivity contribution is 7.19. The third-order valence-electron chi connectivity index (χ3n) is 1.48. The monoisotopic (exact) mass is 229 g/mol. The molecule has 2 aromatic heterocycles. The molecular weight excluding hydrogens is 226 g/mol. The van der Waals surface area contributed by atoms with Crippen LogP contribution in [0.3, 0.4) is 0 Å². The summed E-state index contributed by atoms with van der Waals surface area (Å²) in [6, 6.07) is 0. The summed E-state index contributed by atoms with van der Waals surface area (Å²) in [5.74, 6) is -0.482. The molecular formula is C7H4ClN3O2S. The summed E-state index contributed by atoms with van der Waals surface area (Å²) in [5, 5.41) is 0.386. The summed E-state index contributed by atoms with van der Waals surface area (Å²) in [4.78, 5) is 23.3. The second-order valence-corrected chi connectivity index (χ2v) is 3.66. The molecule has 0 aliphatic rings. The normalized spacial score (nSPS) is 10.4. The molecule has 2 aromatic rings. The van der Waals surface area contributed by atoms with E-state index < -0.39 is 5.97 Å². The van der Waals surface area contributed by atoms with Gasteiger partial charge in [-0.2, -0.15) is 0 Å². The molecule has 0 bridgehead atoms. The van der Waals surface area contributed by atoms with E-state index in [0.29, 0.717) is 10.3 Å². The Balaban J connectivity index is 2.56. The zero-order valence-electron chi connectivity index (χ0n) is 7.02. The number of esters is 1. The fourth-order valence-corrected chi connectivity index (χ4v) is 1.90. The van der Waals surface area contributed by atoms with Crippen molar-refractivity contribution in [2.75, 3.05) is 7.11 Å². The summed E-state index contributed by atoms with van der Waals surface area (Å²) < 4.78 is 4.52. The van der Waals surface area contributed by atoms with E-state index >= 15 is 0 Å². The van der Waals surface area contributed by atoms with Crippen molar-refractivity contribution < 1.29 is 9.53 Å². The van der Waals surface area contributed by atoms with E-state index in [1.54, 1.807) is 0 Å². The highest BCUT2D eigenvalue weighted by Gasteiger charge is 2.13. The topological polar surface area (TPSA) is 65.0 Å². The predicted molar refractivity (Wildman–Crippen MR) is 51.6 cm³/mol. The van der Waals surface area contributed by atoms with Gasteiger partial charge in [-0.25, -0.2) is 19.7 Å². The zero-order chi connectivity index (χ0) is 10.1. The third kappa shape index (κ3) is 1.53. The van der Waals surface area contributed by atoms with E-state index in [2.05, 4.69) is 19.7 Å². The second kappa shape index (κ2) is 3.47. The number of carbonyl (C=O) groups is 1. The first-order valence-electron chi connectivity index (χ1n) is 3.58. The van der Waals surface area contributed by atoms with E-state index in [1.165, 1.54) is 13.3 Å². The average Bonchev–Trinajstić information content (AvgIpc) is 2.59. The van der Waals surface area contributed by atoms with Gasteiger partial charge in [0.1, 0.15) is 10.3 Å². The van der Waals surface area contributed by atoms with Crippen LogP contribution in [0.25, 0.3) is 10.3 Å². The number of thiazole rings is 1. The Labute approximate surface area is 87.7 Å². The number of methoxy groups -OCH3 is 1. The van der Waals surface area contributed by atoms with Gasteiger partial charge in [0.05, 0.1) is 13.3 Å². The minimum absolute atomic E-state index is 0.137. The number of aromatic nitrogens is 3. The molecule has 0 aliphatic heterocycles. The molecule has 0 N–H and O–H groups in total.